The maximum atomic E-state index is 14.0. The lowest BCUT2D eigenvalue weighted by molar-refractivity contribution is 0.519. The van der Waals surface area contributed by atoms with Gasteiger partial charge in [0.05, 0.1) is 10.0 Å². The van der Waals surface area contributed by atoms with Gasteiger partial charge >= 0.3 is 0 Å². The number of nitrogens with one attached hydrogen (secondary N) is 1. The van der Waals surface area contributed by atoms with E-state index in [-0.39, 0.29) is 16.9 Å². The van der Waals surface area contributed by atoms with E-state index in [9.17, 15) is 4.39 Å². The summed E-state index contributed by atoms with van der Waals surface area (Å²) in [6.45, 7) is 2.96. The number of halogens is 3. The van der Waals surface area contributed by atoms with Gasteiger partial charge in [0, 0.05) is 10.9 Å². The minimum atomic E-state index is -0.342. The molecule has 1 atom stereocenters. The van der Waals surface area contributed by atoms with Gasteiger partial charge in [-0.25, -0.2) is 4.39 Å². The van der Waals surface area contributed by atoms with Gasteiger partial charge in [-0.2, -0.15) is 0 Å². The van der Waals surface area contributed by atoms with Crippen LogP contribution in [0.5, 0.6) is 0 Å². The predicted octanol–water partition coefficient (Wildman–Crippen LogP) is 5.48. The zero-order valence-electron chi connectivity index (χ0n) is 11.1. The molecular weight excluding hydrogens is 316 g/mol. The Kier molecular flexibility index (Phi) is 5.85. The third kappa shape index (κ3) is 3.73. The largest absolute Gasteiger partial charge is 0.309 e. The molecule has 1 aromatic carbocycles. The molecule has 1 aromatic heterocycles. The van der Waals surface area contributed by atoms with Crippen LogP contribution in [-0.4, -0.2) is 6.54 Å². The zero-order chi connectivity index (χ0) is 14.5. The van der Waals surface area contributed by atoms with Gasteiger partial charge in [-0.15, -0.1) is 11.3 Å². The Labute approximate surface area is 132 Å². The number of rotatable bonds is 6. The highest BCUT2D eigenvalue weighted by Crippen LogP contribution is 2.32. The summed E-state index contributed by atoms with van der Waals surface area (Å²) in [7, 11) is 0. The second kappa shape index (κ2) is 7.41. The molecule has 0 radical (unpaired) electrons. The molecule has 0 saturated heterocycles. The van der Waals surface area contributed by atoms with Gasteiger partial charge in [-0.1, -0.05) is 42.3 Å². The standard InChI is InChI=1S/C15H16Cl2FNS/c1-2-7-19-13(15-12(17)6-8-20-15)9-10-4-3-5-11(16)14(10)18/h3-6,8,13,19H,2,7,9H2,1H3. The van der Waals surface area contributed by atoms with Crippen LogP contribution in [0.4, 0.5) is 4.39 Å². The third-order valence-corrected chi connectivity index (χ3v) is 4.82. The number of hydrogen-bond donors (Lipinski definition) is 1. The van der Waals surface area contributed by atoms with E-state index in [1.807, 2.05) is 11.4 Å². The normalized spacial score (nSPS) is 12.6. The SMILES string of the molecule is CCCNC(Cc1cccc(Cl)c1F)c1sccc1Cl. The van der Waals surface area contributed by atoms with Crippen LogP contribution in [0.15, 0.2) is 29.6 Å². The van der Waals surface area contributed by atoms with E-state index >= 15 is 0 Å². The molecule has 5 heteroatoms. The summed E-state index contributed by atoms with van der Waals surface area (Å²) in [5, 5.41) is 6.26. The number of hydrogen-bond acceptors (Lipinski definition) is 2. The van der Waals surface area contributed by atoms with Crippen LogP contribution in [0.25, 0.3) is 0 Å². The van der Waals surface area contributed by atoms with E-state index in [2.05, 4.69) is 12.2 Å². The lowest BCUT2D eigenvalue weighted by Gasteiger charge is -2.18. The Morgan fingerprint density at radius 2 is 2.05 bits per heavy atom. The number of benzene rings is 1. The topological polar surface area (TPSA) is 12.0 Å². The van der Waals surface area contributed by atoms with Crippen molar-refractivity contribution in [2.75, 3.05) is 6.54 Å². The summed E-state index contributed by atoms with van der Waals surface area (Å²) >= 11 is 13.6. The summed E-state index contributed by atoms with van der Waals surface area (Å²) in [5.41, 5.74) is 0.607. The summed E-state index contributed by atoms with van der Waals surface area (Å²) in [5.74, 6) is -0.342. The quantitative estimate of drug-likeness (QED) is 0.739. The Balaban J connectivity index is 2.24. The average molecular weight is 332 g/mol. The van der Waals surface area contributed by atoms with E-state index < -0.39 is 0 Å². The van der Waals surface area contributed by atoms with Crippen molar-refractivity contribution in [3.8, 4) is 0 Å². The Morgan fingerprint density at radius 3 is 2.70 bits per heavy atom. The molecule has 1 nitrogen and oxygen atoms in total. The molecule has 20 heavy (non-hydrogen) atoms. The third-order valence-electron chi connectivity index (χ3n) is 3.06. The van der Waals surface area contributed by atoms with Crippen molar-refractivity contribution in [1.82, 2.24) is 5.32 Å². The van der Waals surface area contributed by atoms with Gasteiger partial charge in [0.2, 0.25) is 0 Å². The van der Waals surface area contributed by atoms with Crippen molar-refractivity contribution in [3.05, 3.63) is 55.9 Å². The second-order valence-electron chi connectivity index (χ2n) is 4.56. The highest BCUT2D eigenvalue weighted by atomic mass is 35.5. The van der Waals surface area contributed by atoms with Crippen molar-refractivity contribution in [2.24, 2.45) is 0 Å². The van der Waals surface area contributed by atoms with E-state index in [0.29, 0.717) is 12.0 Å². The fourth-order valence-corrected chi connectivity index (χ4v) is 3.52. The van der Waals surface area contributed by atoms with E-state index in [1.165, 1.54) is 0 Å². The highest BCUT2D eigenvalue weighted by Gasteiger charge is 2.18. The van der Waals surface area contributed by atoms with Gasteiger partial charge in [0.15, 0.2) is 0 Å². The molecule has 108 valence electrons. The van der Waals surface area contributed by atoms with E-state index in [1.54, 1.807) is 29.5 Å². The molecule has 0 bridgehead atoms. The van der Waals surface area contributed by atoms with Crippen molar-refractivity contribution in [2.45, 2.75) is 25.8 Å². The van der Waals surface area contributed by atoms with Crippen molar-refractivity contribution >= 4 is 34.5 Å². The summed E-state index contributed by atoms with van der Waals surface area (Å²) < 4.78 is 14.0. The maximum Gasteiger partial charge on any atom is 0.145 e. The molecule has 0 fully saturated rings. The van der Waals surface area contributed by atoms with Gasteiger partial charge in [-0.05, 0) is 42.5 Å². The minimum absolute atomic E-state index is 0.00965. The molecule has 1 heterocycles. The van der Waals surface area contributed by atoms with Crippen LogP contribution >= 0.6 is 34.5 Å². The monoisotopic (exact) mass is 331 g/mol. The van der Waals surface area contributed by atoms with Crippen LogP contribution in [0.3, 0.4) is 0 Å². The molecule has 0 amide bonds. The van der Waals surface area contributed by atoms with E-state index in [4.69, 9.17) is 23.2 Å². The molecule has 0 saturated carbocycles. The average Bonchev–Trinajstić information content (AvgIpc) is 2.85. The smallest absolute Gasteiger partial charge is 0.145 e. The molecular formula is C15H16Cl2FNS. The Hall–Kier alpha value is -0.610. The first-order valence-electron chi connectivity index (χ1n) is 6.52. The first kappa shape index (κ1) is 15.8. The molecule has 1 N–H and O–H groups in total. The van der Waals surface area contributed by atoms with Gasteiger partial charge in [0.25, 0.3) is 0 Å². The first-order chi connectivity index (χ1) is 9.63. The lowest BCUT2D eigenvalue weighted by atomic mass is 10.0. The summed E-state index contributed by atoms with van der Waals surface area (Å²) in [6, 6.07) is 6.98. The van der Waals surface area contributed by atoms with Crippen LogP contribution < -0.4 is 5.32 Å². The van der Waals surface area contributed by atoms with Crippen molar-refractivity contribution in [3.63, 3.8) is 0 Å². The predicted molar refractivity (Wildman–Crippen MR) is 85.5 cm³/mol. The number of thiophene rings is 1. The summed E-state index contributed by atoms with van der Waals surface area (Å²) in [4.78, 5) is 1.04. The van der Waals surface area contributed by atoms with Crippen LogP contribution in [0.2, 0.25) is 10.0 Å². The maximum absolute atomic E-state index is 14.0. The Bertz CT molecular complexity index is 571. The Morgan fingerprint density at radius 1 is 1.25 bits per heavy atom. The molecule has 0 aliphatic carbocycles. The molecule has 1 unspecified atom stereocenters. The fourth-order valence-electron chi connectivity index (χ4n) is 2.06. The molecule has 2 aromatic rings. The van der Waals surface area contributed by atoms with Crippen molar-refractivity contribution in [1.29, 1.82) is 0 Å². The molecule has 2 rings (SSSR count). The van der Waals surface area contributed by atoms with Gasteiger partial charge in [-0.3, -0.25) is 0 Å². The van der Waals surface area contributed by atoms with Gasteiger partial charge in [0.1, 0.15) is 5.82 Å². The van der Waals surface area contributed by atoms with E-state index in [0.717, 1.165) is 22.9 Å². The second-order valence-corrected chi connectivity index (χ2v) is 6.32. The minimum Gasteiger partial charge on any atom is -0.309 e. The molecule has 0 aliphatic rings. The van der Waals surface area contributed by atoms with Crippen LogP contribution in [-0.2, 0) is 6.42 Å². The summed E-state index contributed by atoms with van der Waals surface area (Å²) in [6.07, 6.45) is 1.55. The van der Waals surface area contributed by atoms with Crippen LogP contribution in [0, 0.1) is 5.82 Å². The van der Waals surface area contributed by atoms with Gasteiger partial charge < -0.3 is 5.32 Å². The molecule has 0 spiro atoms. The molecule has 0 aliphatic heterocycles. The van der Waals surface area contributed by atoms with Crippen LogP contribution in [0.1, 0.15) is 29.8 Å². The fraction of sp³-hybridized carbons (Fsp3) is 0.333. The zero-order valence-corrected chi connectivity index (χ0v) is 13.5. The lowest BCUT2D eigenvalue weighted by Crippen LogP contribution is -2.24. The van der Waals surface area contributed by atoms with Crippen molar-refractivity contribution < 1.29 is 4.39 Å². The first-order valence-corrected chi connectivity index (χ1v) is 8.16. The highest BCUT2D eigenvalue weighted by molar-refractivity contribution is 7.10.